The van der Waals surface area contributed by atoms with E-state index in [9.17, 15) is 0 Å². The Bertz CT molecular complexity index is 498. The minimum absolute atomic E-state index is 0. The van der Waals surface area contributed by atoms with Crippen LogP contribution in [0.4, 0.5) is 0 Å². The normalized spacial score (nSPS) is 15.8. The van der Waals surface area contributed by atoms with E-state index < -0.39 is 0 Å². The van der Waals surface area contributed by atoms with Gasteiger partial charge in [0.05, 0.1) is 0 Å². The molecule has 0 radical (unpaired) electrons. The predicted molar refractivity (Wildman–Crippen MR) is 80.3 cm³/mol. The van der Waals surface area contributed by atoms with Crippen molar-refractivity contribution in [2.45, 2.75) is 38.3 Å². The third-order valence-electron chi connectivity index (χ3n) is 3.82. The molecule has 18 heavy (non-hydrogen) atoms. The van der Waals surface area contributed by atoms with Crippen LogP contribution in [0.1, 0.15) is 31.2 Å². The largest absolute Gasteiger partial charge is 0.310 e. The molecule has 1 saturated carbocycles. The lowest BCUT2D eigenvalue weighted by molar-refractivity contribution is 0.525. The fourth-order valence-electron chi connectivity index (χ4n) is 2.83. The molecule has 96 valence electrons. The predicted octanol–water partition coefficient (Wildman–Crippen LogP) is 4.29. The van der Waals surface area contributed by atoms with Gasteiger partial charge in [-0.05, 0) is 29.2 Å². The van der Waals surface area contributed by atoms with Crippen LogP contribution >= 0.6 is 12.4 Å². The summed E-state index contributed by atoms with van der Waals surface area (Å²) in [5.41, 5.74) is 1.43. The first-order valence-electron chi connectivity index (χ1n) is 6.63. The molecule has 1 aliphatic rings. The average Bonchev–Trinajstić information content (AvgIpc) is 2.89. The minimum atomic E-state index is 0. The summed E-state index contributed by atoms with van der Waals surface area (Å²) >= 11 is 0. The number of hydrogen-bond donors (Lipinski definition) is 1. The van der Waals surface area contributed by atoms with E-state index in [0.717, 1.165) is 12.6 Å². The second kappa shape index (κ2) is 6.21. The first kappa shape index (κ1) is 13.4. The number of fused-ring (bicyclic) bond motifs is 1. The van der Waals surface area contributed by atoms with E-state index in [1.165, 1.54) is 42.0 Å². The van der Waals surface area contributed by atoms with Gasteiger partial charge in [0.25, 0.3) is 0 Å². The summed E-state index contributed by atoms with van der Waals surface area (Å²) < 4.78 is 0. The molecule has 2 aromatic carbocycles. The highest BCUT2D eigenvalue weighted by Crippen LogP contribution is 2.21. The zero-order valence-corrected chi connectivity index (χ0v) is 11.4. The van der Waals surface area contributed by atoms with E-state index in [2.05, 4.69) is 47.8 Å². The summed E-state index contributed by atoms with van der Waals surface area (Å²) in [7, 11) is 0. The molecule has 0 heterocycles. The molecular weight excluding hydrogens is 242 g/mol. The maximum atomic E-state index is 3.69. The van der Waals surface area contributed by atoms with Crippen LogP contribution in [-0.4, -0.2) is 6.04 Å². The van der Waals surface area contributed by atoms with Crippen molar-refractivity contribution in [2.24, 2.45) is 0 Å². The van der Waals surface area contributed by atoms with Gasteiger partial charge in [0.1, 0.15) is 0 Å². The van der Waals surface area contributed by atoms with Gasteiger partial charge < -0.3 is 5.32 Å². The zero-order valence-electron chi connectivity index (χ0n) is 10.6. The monoisotopic (exact) mass is 261 g/mol. The van der Waals surface area contributed by atoms with E-state index >= 15 is 0 Å². The molecular formula is C16H20ClN. The maximum absolute atomic E-state index is 3.69. The quantitative estimate of drug-likeness (QED) is 0.869. The SMILES string of the molecule is Cl.c1ccc2c(CNC3CCCC3)cccc2c1. The molecule has 0 bridgehead atoms. The van der Waals surface area contributed by atoms with Crippen LogP contribution in [0.15, 0.2) is 42.5 Å². The number of rotatable bonds is 3. The average molecular weight is 262 g/mol. The Morgan fingerprint density at radius 3 is 2.50 bits per heavy atom. The first-order chi connectivity index (χ1) is 8.43. The van der Waals surface area contributed by atoms with Gasteiger partial charge in [-0.25, -0.2) is 0 Å². The molecule has 3 rings (SSSR count). The Labute approximate surface area is 115 Å². The standard InChI is InChI=1S/C16H19N.ClH/c1-4-11-16-13(6-1)7-5-8-14(16)12-17-15-9-2-3-10-15;/h1,4-8,11,15,17H,2-3,9-10,12H2;1H. The highest BCUT2D eigenvalue weighted by Gasteiger charge is 2.14. The van der Waals surface area contributed by atoms with Gasteiger partial charge in [0.15, 0.2) is 0 Å². The Morgan fingerprint density at radius 1 is 0.944 bits per heavy atom. The molecule has 0 saturated heterocycles. The highest BCUT2D eigenvalue weighted by atomic mass is 35.5. The summed E-state index contributed by atoms with van der Waals surface area (Å²) in [6.07, 6.45) is 5.50. The Morgan fingerprint density at radius 2 is 1.67 bits per heavy atom. The molecule has 0 atom stereocenters. The van der Waals surface area contributed by atoms with Crippen LogP contribution in [0.5, 0.6) is 0 Å². The third kappa shape index (κ3) is 2.85. The smallest absolute Gasteiger partial charge is 0.0214 e. The lowest BCUT2D eigenvalue weighted by atomic mass is 10.0. The van der Waals surface area contributed by atoms with Crippen molar-refractivity contribution in [2.75, 3.05) is 0 Å². The summed E-state index contributed by atoms with van der Waals surface area (Å²) in [6.45, 7) is 1.01. The third-order valence-corrected chi connectivity index (χ3v) is 3.82. The molecule has 2 heteroatoms. The Hall–Kier alpha value is -1.05. The van der Waals surface area contributed by atoms with Gasteiger partial charge in [-0.1, -0.05) is 55.3 Å². The van der Waals surface area contributed by atoms with Gasteiger partial charge >= 0.3 is 0 Å². The van der Waals surface area contributed by atoms with Crippen molar-refractivity contribution in [3.63, 3.8) is 0 Å². The molecule has 1 aliphatic carbocycles. The van der Waals surface area contributed by atoms with Crippen LogP contribution < -0.4 is 5.32 Å². The summed E-state index contributed by atoms with van der Waals surface area (Å²) in [5, 5.41) is 6.42. The lowest BCUT2D eigenvalue weighted by Gasteiger charge is -2.13. The van der Waals surface area contributed by atoms with E-state index in [1.54, 1.807) is 0 Å². The topological polar surface area (TPSA) is 12.0 Å². The second-order valence-corrected chi connectivity index (χ2v) is 5.00. The van der Waals surface area contributed by atoms with Crippen molar-refractivity contribution < 1.29 is 0 Å². The second-order valence-electron chi connectivity index (χ2n) is 5.00. The number of hydrogen-bond acceptors (Lipinski definition) is 1. The van der Waals surface area contributed by atoms with Gasteiger partial charge in [-0.2, -0.15) is 0 Å². The van der Waals surface area contributed by atoms with Crippen LogP contribution in [0.2, 0.25) is 0 Å². The van der Waals surface area contributed by atoms with Crippen LogP contribution in [0.3, 0.4) is 0 Å². The summed E-state index contributed by atoms with van der Waals surface area (Å²) in [6, 6.07) is 16.0. The molecule has 0 aliphatic heterocycles. The van der Waals surface area contributed by atoms with E-state index in [-0.39, 0.29) is 12.4 Å². The number of nitrogens with one attached hydrogen (secondary N) is 1. The van der Waals surface area contributed by atoms with Gasteiger partial charge in [-0.15, -0.1) is 12.4 Å². The van der Waals surface area contributed by atoms with Crippen LogP contribution in [-0.2, 0) is 6.54 Å². The van der Waals surface area contributed by atoms with Crippen molar-refractivity contribution in [1.29, 1.82) is 0 Å². The molecule has 1 nitrogen and oxygen atoms in total. The summed E-state index contributed by atoms with van der Waals surface area (Å²) in [4.78, 5) is 0. The fourth-order valence-corrected chi connectivity index (χ4v) is 2.83. The molecule has 1 N–H and O–H groups in total. The van der Waals surface area contributed by atoms with Gasteiger partial charge in [0.2, 0.25) is 0 Å². The molecule has 1 fully saturated rings. The molecule has 0 unspecified atom stereocenters. The van der Waals surface area contributed by atoms with Crippen LogP contribution in [0.25, 0.3) is 10.8 Å². The Kier molecular flexibility index (Phi) is 4.62. The number of benzene rings is 2. The van der Waals surface area contributed by atoms with Crippen molar-refractivity contribution in [3.05, 3.63) is 48.0 Å². The lowest BCUT2D eigenvalue weighted by Crippen LogP contribution is -2.25. The zero-order chi connectivity index (χ0) is 11.5. The van der Waals surface area contributed by atoms with E-state index in [1.807, 2.05) is 0 Å². The van der Waals surface area contributed by atoms with Gasteiger partial charge in [0, 0.05) is 12.6 Å². The van der Waals surface area contributed by atoms with E-state index in [0.29, 0.717) is 0 Å². The molecule has 0 spiro atoms. The van der Waals surface area contributed by atoms with Crippen LogP contribution in [0, 0.1) is 0 Å². The van der Waals surface area contributed by atoms with Crippen molar-refractivity contribution >= 4 is 23.2 Å². The molecule has 0 aromatic heterocycles. The van der Waals surface area contributed by atoms with E-state index in [4.69, 9.17) is 0 Å². The molecule has 2 aromatic rings. The first-order valence-corrected chi connectivity index (χ1v) is 6.63. The minimum Gasteiger partial charge on any atom is -0.310 e. The Balaban J connectivity index is 0.00000120. The van der Waals surface area contributed by atoms with Gasteiger partial charge in [-0.3, -0.25) is 0 Å². The van der Waals surface area contributed by atoms with Crippen molar-refractivity contribution in [1.82, 2.24) is 5.32 Å². The highest BCUT2D eigenvalue weighted by molar-refractivity contribution is 5.85. The summed E-state index contributed by atoms with van der Waals surface area (Å²) in [5.74, 6) is 0. The fraction of sp³-hybridized carbons (Fsp3) is 0.375. The molecule has 0 amide bonds. The maximum Gasteiger partial charge on any atom is 0.0214 e. The number of halogens is 1. The van der Waals surface area contributed by atoms with Crippen molar-refractivity contribution in [3.8, 4) is 0 Å².